The predicted octanol–water partition coefficient (Wildman–Crippen LogP) is 3.10. The van der Waals surface area contributed by atoms with Crippen LogP contribution in [0.3, 0.4) is 0 Å². The Morgan fingerprint density at radius 3 is 2.36 bits per heavy atom. The van der Waals surface area contributed by atoms with Gasteiger partial charge in [0.15, 0.2) is 0 Å². The van der Waals surface area contributed by atoms with Crippen LogP contribution in [0.1, 0.15) is 32.3 Å². The van der Waals surface area contributed by atoms with Crippen LogP contribution in [0.2, 0.25) is 10.0 Å². The third-order valence-corrected chi connectivity index (χ3v) is 6.74. The minimum atomic E-state index is 0.161. The average Bonchev–Trinajstić information content (AvgIpc) is 2.67. The molecule has 0 unspecified atom stereocenters. The number of piperidine rings is 1. The first-order valence-electron chi connectivity index (χ1n) is 10.3. The number of likely N-dealkylation sites (tertiary alicyclic amines) is 1. The minimum Gasteiger partial charge on any atom is -0.352 e. The third kappa shape index (κ3) is 6.07. The van der Waals surface area contributed by atoms with Gasteiger partial charge >= 0.3 is 0 Å². The highest BCUT2D eigenvalue weighted by Gasteiger charge is 2.24. The molecule has 2 fully saturated rings. The fourth-order valence-electron chi connectivity index (χ4n) is 4.05. The van der Waals surface area contributed by atoms with Gasteiger partial charge < -0.3 is 10.2 Å². The molecule has 0 saturated carbocycles. The molecule has 5 nitrogen and oxygen atoms in total. The Morgan fingerprint density at radius 1 is 1.07 bits per heavy atom. The number of rotatable bonds is 6. The highest BCUT2D eigenvalue weighted by Crippen LogP contribution is 2.26. The highest BCUT2D eigenvalue weighted by atomic mass is 35.5. The second-order valence-electron chi connectivity index (χ2n) is 8.24. The zero-order valence-electron chi connectivity index (χ0n) is 17.0. The Hall–Kier alpha value is -0.850. The van der Waals surface area contributed by atoms with Gasteiger partial charge in [-0.1, -0.05) is 35.3 Å². The summed E-state index contributed by atoms with van der Waals surface area (Å²) in [6.45, 7) is 11.6. The van der Waals surface area contributed by atoms with Crippen LogP contribution in [0, 0.1) is 0 Å². The van der Waals surface area contributed by atoms with Crippen LogP contribution >= 0.6 is 23.2 Å². The number of amides is 1. The largest absolute Gasteiger partial charge is 0.352 e. The first-order chi connectivity index (χ1) is 13.4. The number of benzene rings is 1. The molecule has 1 N–H and O–H groups in total. The van der Waals surface area contributed by atoms with E-state index < -0.39 is 0 Å². The number of halogens is 2. The number of nitrogens with one attached hydrogen (secondary N) is 1. The molecule has 2 aliphatic rings. The third-order valence-electron chi connectivity index (χ3n) is 5.88. The summed E-state index contributed by atoms with van der Waals surface area (Å²) in [6, 6.07) is 6.70. The van der Waals surface area contributed by atoms with Gasteiger partial charge in [0.25, 0.3) is 0 Å². The van der Waals surface area contributed by atoms with E-state index in [2.05, 4.69) is 33.9 Å². The molecule has 3 rings (SSSR count). The molecular weight excluding hydrogens is 395 g/mol. The Morgan fingerprint density at radius 2 is 1.71 bits per heavy atom. The summed E-state index contributed by atoms with van der Waals surface area (Å²) in [5.41, 5.74) is 1.06. The lowest BCUT2D eigenvalue weighted by atomic mass is 10.0. The van der Waals surface area contributed by atoms with Gasteiger partial charge in [0.1, 0.15) is 0 Å². The lowest BCUT2D eigenvalue weighted by Crippen LogP contribution is -2.52. The molecule has 2 heterocycles. The molecule has 1 aromatic carbocycles. The number of nitrogens with zero attached hydrogens (tertiary/aromatic N) is 3. The molecule has 7 heteroatoms. The SMILES string of the molecule is CC(C)N1CCC(NC(=O)CN2CCN(Cc3cccc(Cl)c3Cl)CC2)CC1. The van der Waals surface area contributed by atoms with E-state index in [0.29, 0.717) is 28.7 Å². The Bertz CT molecular complexity index is 654. The number of piperazine rings is 1. The summed E-state index contributed by atoms with van der Waals surface area (Å²) in [5, 5.41) is 4.49. The molecule has 156 valence electrons. The molecule has 0 spiro atoms. The smallest absolute Gasteiger partial charge is 0.234 e. The fourth-order valence-corrected chi connectivity index (χ4v) is 4.43. The van der Waals surface area contributed by atoms with Crippen molar-refractivity contribution in [1.29, 1.82) is 0 Å². The van der Waals surface area contributed by atoms with Crippen molar-refractivity contribution in [2.45, 2.75) is 45.3 Å². The van der Waals surface area contributed by atoms with E-state index in [0.717, 1.165) is 64.2 Å². The standard InChI is InChI=1S/C21H32Cl2N4O/c1-16(2)27-8-6-18(7-9-27)24-20(28)15-26-12-10-25(11-13-26)14-17-4-3-5-19(22)21(17)23/h3-5,16,18H,6-15H2,1-2H3,(H,24,28). The Kier molecular flexibility index (Phi) is 8.01. The van der Waals surface area contributed by atoms with E-state index in [1.807, 2.05) is 18.2 Å². The lowest BCUT2D eigenvalue weighted by Gasteiger charge is -2.36. The van der Waals surface area contributed by atoms with Gasteiger partial charge in [-0.15, -0.1) is 0 Å². The molecule has 1 aromatic rings. The number of hydrogen-bond acceptors (Lipinski definition) is 4. The van der Waals surface area contributed by atoms with Crippen molar-refractivity contribution in [2.75, 3.05) is 45.8 Å². The van der Waals surface area contributed by atoms with E-state index >= 15 is 0 Å². The van der Waals surface area contributed by atoms with Crippen LogP contribution in [-0.2, 0) is 11.3 Å². The summed E-state index contributed by atoms with van der Waals surface area (Å²) in [4.78, 5) is 19.5. The number of carbonyl (C=O) groups is 1. The molecule has 0 atom stereocenters. The van der Waals surface area contributed by atoms with Crippen molar-refractivity contribution in [3.63, 3.8) is 0 Å². The summed E-state index contributed by atoms with van der Waals surface area (Å²) < 4.78 is 0. The van der Waals surface area contributed by atoms with Crippen molar-refractivity contribution >= 4 is 29.1 Å². The summed E-state index contributed by atoms with van der Waals surface area (Å²) in [6.07, 6.45) is 2.11. The van der Waals surface area contributed by atoms with Crippen molar-refractivity contribution in [1.82, 2.24) is 20.0 Å². The van der Waals surface area contributed by atoms with Crippen molar-refractivity contribution in [3.05, 3.63) is 33.8 Å². The molecule has 28 heavy (non-hydrogen) atoms. The Labute approximate surface area is 178 Å². The van der Waals surface area contributed by atoms with Crippen LogP contribution < -0.4 is 5.32 Å². The zero-order chi connectivity index (χ0) is 20.1. The average molecular weight is 427 g/mol. The number of hydrogen-bond donors (Lipinski definition) is 1. The Balaban J connectivity index is 1.37. The molecular formula is C21H32Cl2N4O. The molecule has 0 bridgehead atoms. The van der Waals surface area contributed by atoms with Gasteiger partial charge in [-0.05, 0) is 38.3 Å². The fraction of sp³-hybridized carbons (Fsp3) is 0.667. The normalized spacial score (nSPS) is 20.6. The van der Waals surface area contributed by atoms with Gasteiger partial charge in [0.2, 0.25) is 5.91 Å². The maximum atomic E-state index is 12.4. The predicted molar refractivity (Wildman–Crippen MR) is 116 cm³/mol. The van der Waals surface area contributed by atoms with E-state index in [-0.39, 0.29) is 5.91 Å². The summed E-state index contributed by atoms with van der Waals surface area (Å²) in [5.74, 6) is 0.161. The maximum absolute atomic E-state index is 12.4. The summed E-state index contributed by atoms with van der Waals surface area (Å²) >= 11 is 12.4. The van der Waals surface area contributed by atoms with Crippen molar-refractivity contribution < 1.29 is 4.79 Å². The van der Waals surface area contributed by atoms with Crippen LogP contribution in [-0.4, -0.2) is 78.5 Å². The van der Waals surface area contributed by atoms with E-state index in [4.69, 9.17) is 23.2 Å². The van der Waals surface area contributed by atoms with Gasteiger partial charge in [0, 0.05) is 57.9 Å². The maximum Gasteiger partial charge on any atom is 0.234 e. The van der Waals surface area contributed by atoms with E-state index in [9.17, 15) is 4.79 Å². The first-order valence-corrected chi connectivity index (χ1v) is 11.1. The molecule has 0 aliphatic carbocycles. The number of carbonyl (C=O) groups excluding carboxylic acids is 1. The zero-order valence-corrected chi connectivity index (χ0v) is 18.5. The molecule has 2 saturated heterocycles. The van der Waals surface area contributed by atoms with Gasteiger partial charge in [-0.3, -0.25) is 14.6 Å². The van der Waals surface area contributed by atoms with Crippen LogP contribution in [0.5, 0.6) is 0 Å². The second-order valence-corrected chi connectivity index (χ2v) is 9.02. The molecule has 0 radical (unpaired) electrons. The summed E-state index contributed by atoms with van der Waals surface area (Å²) in [7, 11) is 0. The monoisotopic (exact) mass is 426 g/mol. The van der Waals surface area contributed by atoms with Gasteiger partial charge in [0.05, 0.1) is 16.6 Å². The van der Waals surface area contributed by atoms with Gasteiger partial charge in [-0.2, -0.15) is 0 Å². The van der Waals surface area contributed by atoms with Crippen LogP contribution in [0.4, 0.5) is 0 Å². The first kappa shape index (κ1) is 21.8. The lowest BCUT2D eigenvalue weighted by molar-refractivity contribution is -0.123. The highest BCUT2D eigenvalue weighted by molar-refractivity contribution is 6.42. The van der Waals surface area contributed by atoms with Crippen LogP contribution in [0.25, 0.3) is 0 Å². The minimum absolute atomic E-state index is 0.161. The quantitative estimate of drug-likeness (QED) is 0.758. The van der Waals surface area contributed by atoms with Crippen LogP contribution in [0.15, 0.2) is 18.2 Å². The molecule has 2 aliphatic heterocycles. The van der Waals surface area contributed by atoms with Crippen molar-refractivity contribution in [2.24, 2.45) is 0 Å². The second kappa shape index (κ2) is 10.3. The van der Waals surface area contributed by atoms with E-state index in [1.165, 1.54) is 0 Å². The molecule has 0 aromatic heterocycles. The topological polar surface area (TPSA) is 38.8 Å². The van der Waals surface area contributed by atoms with Gasteiger partial charge in [-0.25, -0.2) is 0 Å². The molecule has 1 amide bonds. The van der Waals surface area contributed by atoms with E-state index in [1.54, 1.807) is 0 Å². The van der Waals surface area contributed by atoms with Crippen molar-refractivity contribution in [3.8, 4) is 0 Å².